The normalized spacial score (nSPS) is 25.4. The van der Waals surface area contributed by atoms with E-state index in [1.807, 2.05) is 0 Å². The first-order valence-corrected chi connectivity index (χ1v) is 13.2. The van der Waals surface area contributed by atoms with Crippen LogP contribution in [-0.4, -0.2) is 68.2 Å². The molecule has 2 aromatic rings. The molecule has 5 rings (SSSR count). The van der Waals surface area contributed by atoms with Crippen LogP contribution in [0.25, 0.3) is 10.4 Å². The summed E-state index contributed by atoms with van der Waals surface area (Å²) in [6.07, 6.45) is -3.05. The zero-order chi connectivity index (χ0) is 27.4. The number of carbonyl (C=O) groups is 2. The standard InChI is InChI=1S/C24H26F5N5O3S/c1-10(24(27,28)29)31-17-8-13(20(25)26)14(9-30-17)19-18(23(37)34-11-2-3-12(34)5-4-11)33-22(38-19)21(36)32-15-6-7-16(15)35/h8-12,15-16,20,35H,2-7H2,1H3,(H,30,31)(H,32,36)/t10-,11?,12?,15-,16-/m0/s1. The van der Waals surface area contributed by atoms with Gasteiger partial charge in [0.25, 0.3) is 18.2 Å². The molecule has 2 saturated heterocycles. The van der Waals surface area contributed by atoms with Gasteiger partial charge in [0, 0.05) is 29.4 Å². The van der Waals surface area contributed by atoms with Gasteiger partial charge in [-0.3, -0.25) is 9.59 Å². The maximum Gasteiger partial charge on any atom is 0.408 e. The van der Waals surface area contributed by atoms with Gasteiger partial charge in [-0.05, 0) is 51.5 Å². The van der Waals surface area contributed by atoms with Crippen molar-refractivity contribution < 1.29 is 36.6 Å². The van der Waals surface area contributed by atoms with Crippen molar-refractivity contribution in [2.45, 2.75) is 88.3 Å². The quantitative estimate of drug-likeness (QED) is 0.431. The Labute approximate surface area is 218 Å². The highest BCUT2D eigenvalue weighted by molar-refractivity contribution is 7.17. The van der Waals surface area contributed by atoms with Gasteiger partial charge in [0.1, 0.15) is 17.6 Å². The van der Waals surface area contributed by atoms with Gasteiger partial charge in [0.05, 0.1) is 17.0 Å². The number of nitrogens with zero attached hydrogens (tertiary/aromatic N) is 3. The fourth-order valence-corrected chi connectivity index (χ4v) is 6.21. The van der Waals surface area contributed by atoms with Gasteiger partial charge in [-0.15, -0.1) is 11.3 Å². The second-order valence-corrected chi connectivity index (χ2v) is 11.0. The summed E-state index contributed by atoms with van der Waals surface area (Å²) >= 11 is 0.738. The molecule has 0 aromatic carbocycles. The highest BCUT2D eigenvalue weighted by Gasteiger charge is 2.44. The molecule has 1 saturated carbocycles. The summed E-state index contributed by atoms with van der Waals surface area (Å²) < 4.78 is 67.3. The molecule has 4 heterocycles. The highest BCUT2D eigenvalue weighted by atomic mass is 32.1. The second kappa shape index (κ2) is 10.0. The minimum absolute atomic E-state index is 0.00109. The number of halogens is 5. The number of fused-ring (bicyclic) bond motifs is 2. The number of hydrogen-bond acceptors (Lipinski definition) is 7. The first-order chi connectivity index (χ1) is 17.9. The number of pyridine rings is 1. The summed E-state index contributed by atoms with van der Waals surface area (Å²) in [7, 11) is 0. The third-order valence-corrected chi connectivity index (χ3v) is 8.62. The Kier molecular flexibility index (Phi) is 7.05. The van der Waals surface area contributed by atoms with Crippen LogP contribution >= 0.6 is 11.3 Å². The average Bonchev–Trinajstić information content (AvgIpc) is 3.60. The van der Waals surface area contributed by atoms with Crippen molar-refractivity contribution in [1.29, 1.82) is 0 Å². The van der Waals surface area contributed by atoms with Crippen LogP contribution in [0.2, 0.25) is 0 Å². The number of aliphatic hydroxyl groups is 1. The third-order valence-electron chi connectivity index (χ3n) is 7.54. The summed E-state index contributed by atoms with van der Waals surface area (Å²) in [5, 5.41) is 14.4. The van der Waals surface area contributed by atoms with E-state index in [4.69, 9.17) is 0 Å². The lowest BCUT2D eigenvalue weighted by Gasteiger charge is -2.32. The number of carbonyl (C=O) groups excluding carboxylic acids is 2. The van der Waals surface area contributed by atoms with Crippen molar-refractivity contribution in [2.24, 2.45) is 0 Å². The Morgan fingerprint density at radius 3 is 2.32 bits per heavy atom. The van der Waals surface area contributed by atoms with Gasteiger partial charge in [-0.25, -0.2) is 18.7 Å². The Hall–Kier alpha value is -2.87. The Morgan fingerprint density at radius 1 is 1.13 bits per heavy atom. The molecule has 38 heavy (non-hydrogen) atoms. The number of rotatable bonds is 7. The molecule has 0 radical (unpaired) electrons. The van der Waals surface area contributed by atoms with Gasteiger partial charge in [-0.2, -0.15) is 13.2 Å². The lowest BCUT2D eigenvalue weighted by molar-refractivity contribution is -0.138. The van der Waals surface area contributed by atoms with Crippen LogP contribution < -0.4 is 10.6 Å². The van der Waals surface area contributed by atoms with Crippen LogP contribution in [0.15, 0.2) is 12.3 Å². The van der Waals surface area contributed by atoms with Gasteiger partial charge < -0.3 is 20.6 Å². The topological polar surface area (TPSA) is 107 Å². The van der Waals surface area contributed by atoms with Crippen LogP contribution in [0.5, 0.6) is 0 Å². The molecule has 0 spiro atoms. The first-order valence-electron chi connectivity index (χ1n) is 12.4. The lowest BCUT2D eigenvalue weighted by Crippen LogP contribution is -2.50. The number of nitrogens with one attached hydrogen (secondary N) is 2. The van der Waals surface area contributed by atoms with E-state index < -0.39 is 54.0 Å². The van der Waals surface area contributed by atoms with Crippen LogP contribution in [0.4, 0.5) is 27.8 Å². The van der Waals surface area contributed by atoms with E-state index in [0.29, 0.717) is 12.8 Å². The molecule has 1 aliphatic carbocycles. The van der Waals surface area contributed by atoms with E-state index >= 15 is 0 Å². The number of amides is 2. The van der Waals surface area contributed by atoms with Gasteiger partial charge in [-0.1, -0.05) is 0 Å². The minimum atomic E-state index is -4.62. The summed E-state index contributed by atoms with van der Waals surface area (Å²) in [6, 6.07) is -1.67. The Balaban J connectivity index is 1.53. The molecule has 3 atom stereocenters. The van der Waals surface area contributed by atoms with Crippen LogP contribution in [-0.2, 0) is 0 Å². The summed E-state index contributed by atoms with van der Waals surface area (Å²) in [5.41, 5.74) is -0.984. The van der Waals surface area contributed by atoms with E-state index in [2.05, 4.69) is 20.6 Å². The molecule has 14 heteroatoms. The fraction of sp³-hybridized carbons (Fsp3) is 0.583. The van der Waals surface area contributed by atoms with Gasteiger partial charge >= 0.3 is 6.18 Å². The van der Waals surface area contributed by atoms with Gasteiger partial charge in [0.2, 0.25) is 0 Å². The number of alkyl halides is 5. The average molecular weight is 560 g/mol. The maximum absolute atomic E-state index is 14.2. The zero-order valence-corrected chi connectivity index (χ0v) is 21.1. The molecule has 3 fully saturated rings. The zero-order valence-electron chi connectivity index (χ0n) is 20.3. The molecule has 3 aliphatic rings. The van der Waals surface area contributed by atoms with Crippen molar-refractivity contribution in [3.8, 4) is 10.4 Å². The molecule has 8 nitrogen and oxygen atoms in total. The monoisotopic (exact) mass is 559 g/mol. The fourth-order valence-electron chi connectivity index (χ4n) is 5.22. The number of thiazole rings is 1. The molecule has 3 N–H and O–H groups in total. The van der Waals surface area contributed by atoms with Crippen molar-refractivity contribution >= 4 is 29.0 Å². The Bertz CT molecular complexity index is 1220. The number of hydrogen-bond donors (Lipinski definition) is 3. The number of anilines is 1. The molecule has 0 unspecified atom stereocenters. The van der Waals surface area contributed by atoms with Crippen molar-refractivity contribution in [3.63, 3.8) is 0 Å². The molecule has 2 amide bonds. The van der Waals surface area contributed by atoms with E-state index in [9.17, 15) is 36.6 Å². The smallest absolute Gasteiger partial charge is 0.391 e. The van der Waals surface area contributed by atoms with E-state index in [1.54, 1.807) is 4.90 Å². The summed E-state index contributed by atoms with van der Waals surface area (Å²) in [5.74, 6) is -1.52. The highest BCUT2D eigenvalue weighted by Crippen LogP contribution is 2.42. The van der Waals surface area contributed by atoms with Gasteiger partial charge in [0.15, 0.2) is 5.01 Å². The summed E-state index contributed by atoms with van der Waals surface area (Å²) in [6.45, 7) is 0.839. The molecule has 2 aliphatic heterocycles. The predicted octanol–water partition coefficient (Wildman–Crippen LogP) is 4.53. The molecule has 2 aromatic heterocycles. The summed E-state index contributed by atoms with van der Waals surface area (Å²) in [4.78, 5) is 36.4. The second-order valence-electron chi connectivity index (χ2n) is 9.96. The molecule has 2 bridgehead atoms. The van der Waals surface area contributed by atoms with E-state index in [1.165, 1.54) is 0 Å². The molecular weight excluding hydrogens is 533 g/mol. The lowest BCUT2D eigenvalue weighted by atomic mass is 9.89. The van der Waals surface area contributed by atoms with Crippen molar-refractivity contribution in [2.75, 3.05) is 5.32 Å². The van der Waals surface area contributed by atoms with Crippen molar-refractivity contribution in [1.82, 2.24) is 20.2 Å². The van der Waals surface area contributed by atoms with E-state index in [0.717, 1.165) is 56.2 Å². The predicted molar refractivity (Wildman–Crippen MR) is 128 cm³/mol. The molecular formula is C24H26F5N5O3S. The minimum Gasteiger partial charge on any atom is -0.391 e. The van der Waals surface area contributed by atoms with Crippen LogP contribution in [0.1, 0.15) is 77.7 Å². The largest absolute Gasteiger partial charge is 0.408 e. The number of aliphatic hydroxyl groups excluding tert-OH is 1. The van der Waals surface area contributed by atoms with Crippen molar-refractivity contribution in [3.05, 3.63) is 28.5 Å². The first kappa shape index (κ1) is 26.7. The third kappa shape index (κ3) is 4.95. The Morgan fingerprint density at radius 2 is 1.79 bits per heavy atom. The van der Waals surface area contributed by atoms with E-state index in [-0.39, 0.29) is 33.2 Å². The maximum atomic E-state index is 14.2. The number of aromatic nitrogens is 2. The van der Waals surface area contributed by atoms with Crippen LogP contribution in [0, 0.1) is 0 Å². The SMILES string of the molecule is C[C@H](Nc1cc(C(F)F)c(-c2sc(C(=O)N[C@H]3CC[C@@H]3O)nc2C(=O)N2C3CCC2CC3)cn1)C(F)(F)F. The molecule has 206 valence electrons. The van der Waals surface area contributed by atoms with Crippen LogP contribution in [0.3, 0.4) is 0 Å².